The van der Waals surface area contributed by atoms with E-state index in [-0.39, 0.29) is 40.0 Å². The molecule has 1 nitrogen and oxygen atoms in total. The molecule has 1 aromatic rings. The van der Waals surface area contributed by atoms with Gasteiger partial charge in [0, 0.05) is 34.5 Å². The van der Waals surface area contributed by atoms with E-state index >= 15 is 0 Å². The van der Waals surface area contributed by atoms with E-state index in [4.69, 9.17) is 5.26 Å². The van der Waals surface area contributed by atoms with Crippen LogP contribution in [-0.2, 0) is 6.18 Å². The second kappa shape index (κ2) is 5.08. The van der Waals surface area contributed by atoms with Gasteiger partial charge in [0.2, 0.25) is 0 Å². The SMILES string of the molecule is N#Cc1ccc(C(F)(F)F)cc1S.[Na]. The molecule has 1 rings (SSSR count). The molecule has 1 aromatic carbocycles. The molecule has 0 aliphatic rings. The molecule has 0 atom stereocenters. The number of nitriles is 1. The van der Waals surface area contributed by atoms with Crippen molar-refractivity contribution in [2.75, 3.05) is 0 Å². The summed E-state index contributed by atoms with van der Waals surface area (Å²) in [6.07, 6.45) is -4.38. The van der Waals surface area contributed by atoms with Crippen molar-refractivity contribution in [3.05, 3.63) is 29.3 Å². The van der Waals surface area contributed by atoms with Gasteiger partial charge in [-0.25, -0.2) is 0 Å². The molecule has 0 bridgehead atoms. The fraction of sp³-hybridized carbons (Fsp3) is 0.125. The molecule has 0 unspecified atom stereocenters. The monoisotopic (exact) mass is 226 g/mol. The smallest absolute Gasteiger partial charge is 0.192 e. The van der Waals surface area contributed by atoms with Crippen LogP contribution in [0.15, 0.2) is 23.1 Å². The zero-order valence-electron chi connectivity index (χ0n) is 7.26. The van der Waals surface area contributed by atoms with E-state index in [2.05, 4.69) is 12.6 Å². The first kappa shape index (κ1) is 13.8. The van der Waals surface area contributed by atoms with Crippen LogP contribution < -0.4 is 0 Å². The second-order valence-corrected chi connectivity index (χ2v) is 2.82. The maximum absolute atomic E-state index is 12.1. The van der Waals surface area contributed by atoms with Crippen molar-refractivity contribution in [3.63, 3.8) is 0 Å². The molecular weight excluding hydrogens is 222 g/mol. The van der Waals surface area contributed by atoms with Crippen LogP contribution in [0.5, 0.6) is 0 Å². The molecule has 0 saturated heterocycles. The molecule has 14 heavy (non-hydrogen) atoms. The van der Waals surface area contributed by atoms with Crippen LogP contribution in [-0.4, -0.2) is 29.6 Å². The maximum Gasteiger partial charge on any atom is 0.416 e. The average molecular weight is 226 g/mol. The number of alkyl halides is 3. The molecule has 0 saturated carbocycles. The summed E-state index contributed by atoms with van der Waals surface area (Å²) < 4.78 is 36.3. The third-order valence-electron chi connectivity index (χ3n) is 1.45. The van der Waals surface area contributed by atoms with Crippen LogP contribution in [0, 0.1) is 11.3 Å². The number of rotatable bonds is 0. The molecule has 0 spiro atoms. The van der Waals surface area contributed by atoms with E-state index < -0.39 is 11.7 Å². The number of hydrogen-bond donors (Lipinski definition) is 1. The number of hydrogen-bond acceptors (Lipinski definition) is 2. The summed E-state index contributed by atoms with van der Waals surface area (Å²) in [7, 11) is 0. The minimum Gasteiger partial charge on any atom is -0.192 e. The number of halogens is 3. The molecule has 0 fully saturated rings. The summed E-state index contributed by atoms with van der Waals surface area (Å²) >= 11 is 3.76. The molecule has 1 radical (unpaired) electrons. The predicted octanol–water partition coefficient (Wildman–Crippen LogP) is 2.48. The quantitative estimate of drug-likeness (QED) is 0.533. The van der Waals surface area contributed by atoms with Crippen LogP contribution >= 0.6 is 12.6 Å². The fourth-order valence-corrected chi connectivity index (χ4v) is 1.07. The van der Waals surface area contributed by atoms with E-state index in [1.165, 1.54) is 0 Å². The van der Waals surface area contributed by atoms with Gasteiger partial charge in [0.25, 0.3) is 0 Å². The molecule has 0 heterocycles. The van der Waals surface area contributed by atoms with Gasteiger partial charge in [-0.15, -0.1) is 12.6 Å². The van der Waals surface area contributed by atoms with Gasteiger partial charge in [-0.2, -0.15) is 18.4 Å². The molecule has 69 valence electrons. The maximum atomic E-state index is 12.1. The Hall–Kier alpha value is -0.150. The van der Waals surface area contributed by atoms with Crippen LogP contribution in [0.25, 0.3) is 0 Å². The van der Waals surface area contributed by atoms with Crippen LogP contribution in [0.4, 0.5) is 13.2 Å². The first-order valence-electron chi connectivity index (χ1n) is 3.25. The third kappa shape index (κ3) is 3.21. The van der Waals surface area contributed by atoms with Gasteiger partial charge in [0.05, 0.1) is 11.1 Å². The largest absolute Gasteiger partial charge is 0.416 e. The van der Waals surface area contributed by atoms with Gasteiger partial charge in [0.1, 0.15) is 6.07 Å². The zero-order chi connectivity index (χ0) is 10.1. The van der Waals surface area contributed by atoms with Gasteiger partial charge >= 0.3 is 6.18 Å². The van der Waals surface area contributed by atoms with E-state index in [0.29, 0.717) is 0 Å². The van der Waals surface area contributed by atoms with Crippen molar-refractivity contribution in [2.45, 2.75) is 11.1 Å². The normalized spacial score (nSPS) is 10.2. The van der Waals surface area contributed by atoms with E-state index in [0.717, 1.165) is 18.2 Å². The topological polar surface area (TPSA) is 23.8 Å². The van der Waals surface area contributed by atoms with Gasteiger partial charge in [-0.05, 0) is 18.2 Å². The van der Waals surface area contributed by atoms with Crippen LogP contribution in [0.2, 0.25) is 0 Å². The van der Waals surface area contributed by atoms with Crippen LogP contribution in [0.3, 0.4) is 0 Å². The van der Waals surface area contributed by atoms with E-state index in [1.807, 2.05) is 0 Å². The molecular formula is C8H4F3NNaS. The molecule has 0 aliphatic heterocycles. The predicted molar refractivity (Wildman–Crippen MR) is 49.2 cm³/mol. The Labute approximate surface area is 107 Å². The first-order valence-corrected chi connectivity index (χ1v) is 3.70. The Bertz CT molecular complexity index is 370. The van der Waals surface area contributed by atoms with Crippen molar-refractivity contribution >= 4 is 42.2 Å². The Morgan fingerprint density at radius 2 is 1.86 bits per heavy atom. The standard InChI is InChI=1S/C8H4F3NS.Na/c9-8(10,11)6-2-1-5(4-12)7(13)3-6;/h1-3,13H;. The van der Waals surface area contributed by atoms with Crippen molar-refractivity contribution < 1.29 is 13.2 Å². The second-order valence-electron chi connectivity index (χ2n) is 2.34. The summed E-state index contributed by atoms with van der Waals surface area (Å²) in [5.74, 6) is 0. The molecule has 0 amide bonds. The van der Waals surface area contributed by atoms with Crippen LogP contribution in [0.1, 0.15) is 11.1 Å². The molecule has 0 aliphatic carbocycles. The van der Waals surface area contributed by atoms with Gasteiger partial charge < -0.3 is 0 Å². The number of benzene rings is 1. The van der Waals surface area contributed by atoms with E-state index in [9.17, 15) is 13.2 Å². The van der Waals surface area contributed by atoms with E-state index in [1.54, 1.807) is 6.07 Å². The Balaban J connectivity index is 0.00000169. The third-order valence-corrected chi connectivity index (χ3v) is 1.82. The minimum absolute atomic E-state index is 0. The average Bonchev–Trinajstić information content (AvgIpc) is 2.02. The van der Waals surface area contributed by atoms with Crippen molar-refractivity contribution in [3.8, 4) is 6.07 Å². The Morgan fingerprint density at radius 3 is 2.21 bits per heavy atom. The van der Waals surface area contributed by atoms with Gasteiger partial charge in [-0.1, -0.05) is 0 Å². The van der Waals surface area contributed by atoms with Crippen molar-refractivity contribution in [1.29, 1.82) is 5.26 Å². The summed E-state index contributed by atoms with van der Waals surface area (Å²) in [5, 5.41) is 8.43. The summed E-state index contributed by atoms with van der Waals surface area (Å²) in [6.45, 7) is 0. The van der Waals surface area contributed by atoms with Crippen molar-refractivity contribution in [1.82, 2.24) is 0 Å². The molecule has 0 N–H and O–H groups in total. The zero-order valence-corrected chi connectivity index (χ0v) is 10.2. The summed E-state index contributed by atoms with van der Waals surface area (Å²) in [5.41, 5.74) is -0.659. The fourth-order valence-electron chi connectivity index (χ4n) is 0.803. The minimum atomic E-state index is -4.38. The van der Waals surface area contributed by atoms with Gasteiger partial charge in [0.15, 0.2) is 0 Å². The number of nitrogens with zero attached hydrogens (tertiary/aromatic N) is 1. The molecule has 6 heteroatoms. The molecule has 0 aromatic heterocycles. The van der Waals surface area contributed by atoms with Gasteiger partial charge in [-0.3, -0.25) is 0 Å². The first-order chi connectivity index (χ1) is 5.95. The summed E-state index contributed by atoms with van der Waals surface area (Å²) in [4.78, 5) is 0.0392. The van der Waals surface area contributed by atoms with Crippen molar-refractivity contribution in [2.24, 2.45) is 0 Å². The summed E-state index contributed by atoms with van der Waals surface area (Å²) in [6, 6.07) is 4.53. The Kier molecular flexibility index (Phi) is 5.02. The Morgan fingerprint density at radius 1 is 1.29 bits per heavy atom. The number of thiol groups is 1.